The highest BCUT2D eigenvalue weighted by atomic mass is 19.1. The Hall–Kier alpha value is -1.50. The molecule has 0 bridgehead atoms. The Morgan fingerprint density at radius 3 is 3.05 bits per heavy atom. The molecule has 3 N–H and O–H groups in total. The molecule has 1 aliphatic heterocycles. The van der Waals surface area contributed by atoms with E-state index in [1.165, 1.54) is 12.1 Å². The molecular weight excluding hydrogens is 285 g/mol. The molecule has 0 aliphatic carbocycles. The normalized spacial score (nSPS) is 22.5. The number of halogens is 1. The first kappa shape index (κ1) is 16.9. The lowest BCUT2D eigenvalue weighted by Gasteiger charge is -2.38. The van der Waals surface area contributed by atoms with Gasteiger partial charge in [0.1, 0.15) is 5.82 Å². The van der Waals surface area contributed by atoms with Crippen molar-refractivity contribution in [3.63, 3.8) is 0 Å². The summed E-state index contributed by atoms with van der Waals surface area (Å²) in [5.74, 6) is -0.474. The zero-order valence-corrected chi connectivity index (χ0v) is 12.9. The molecule has 2 unspecified atom stereocenters. The third-order valence-electron chi connectivity index (χ3n) is 4.13. The van der Waals surface area contributed by atoms with E-state index in [1.54, 1.807) is 19.2 Å². The number of hydrogen-bond acceptors (Lipinski definition) is 4. The van der Waals surface area contributed by atoms with E-state index < -0.39 is 0 Å². The lowest BCUT2D eigenvalue weighted by Crippen LogP contribution is -2.49. The number of benzene rings is 1. The largest absolute Gasteiger partial charge is 0.381 e. The molecule has 0 aromatic heterocycles. The monoisotopic (exact) mass is 309 g/mol. The van der Waals surface area contributed by atoms with E-state index in [2.05, 4.69) is 10.2 Å². The first-order chi connectivity index (χ1) is 10.6. The summed E-state index contributed by atoms with van der Waals surface area (Å²) >= 11 is 0. The SMILES string of the molecule is COC1CCN(CCC(=O)Nc2cccc(F)c2)C(CN)C1. The van der Waals surface area contributed by atoms with Gasteiger partial charge in [0.25, 0.3) is 0 Å². The summed E-state index contributed by atoms with van der Waals surface area (Å²) in [6.45, 7) is 2.10. The van der Waals surface area contributed by atoms with Crippen molar-refractivity contribution < 1.29 is 13.9 Å². The van der Waals surface area contributed by atoms with Crippen LogP contribution in [0.5, 0.6) is 0 Å². The minimum atomic E-state index is -0.359. The average Bonchev–Trinajstić information content (AvgIpc) is 2.52. The Labute approximate surface area is 130 Å². The Balaban J connectivity index is 1.80. The third kappa shape index (κ3) is 4.76. The Kier molecular flexibility index (Phi) is 6.30. The molecule has 0 spiro atoms. The van der Waals surface area contributed by atoms with Crippen LogP contribution in [-0.4, -0.2) is 49.7 Å². The average molecular weight is 309 g/mol. The van der Waals surface area contributed by atoms with Crippen LogP contribution >= 0.6 is 0 Å². The molecule has 2 atom stereocenters. The van der Waals surface area contributed by atoms with E-state index >= 15 is 0 Å². The van der Waals surface area contributed by atoms with Gasteiger partial charge in [-0.2, -0.15) is 0 Å². The van der Waals surface area contributed by atoms with Gasteiger partial charge < -0.3 is 15.8 Å². The number of ether oxygens (including phenoxy) is 1. The maximum absolute atomic E-state index is 13.1. The number of amides is 1. The van der Waals surface area contributed by atoms with Crippen molar-refractivity contribution in [3.8, 4) is 0 Å². The second-order valence-electron chi connectivity index (χ2n) is 5.62. The fourth-order valence-corrected chi connectivity index (χ4v) is 2.85. The molecule has 1 amide bonds. The van der Waals surface area contributed by atoms with Gasteiger partial charge in [-0.1, -0.05) is 6.07 Å². The van der Waals surface area contributed by atoms with Gasteiger partial charge in [0, 0.05) is 44.9 Å². The number of likely N-dealkylation sites (tertiary alicyclic amines) is 1. The fraction of sp³-hybridized carbons (Fsp3) is 0.562. The Morgan fingerprint density at radius 1 is 1.55 bits per heavy atom. The summed E-state index contributed by atoms with van der Waals surface area (Å²) < 4.78 is 18.5. The number of nitrogens with two attached hydrogens (primary N) is 1. The second kappa shape index (κ2) is 8.22. The standard InChI is InChI=1S/C16H24FN3O2/c1-22-15-5-7-20(14(10-15)11-18)8-6-16(21)19-13-4-2-3-12(17)9-13/h2-4,9,14-15H,5-8,10-11,18H2,1H3,(H,19,21). The van der Waals surface area contributed by atoms with Crippen molar-refractivity contribution in [2.75, 3.05) is 32.1 Å². The van der Waals surface area contributed by atoms with E-state index in [4.69, 9.17) is 10.5 Å². The van der Waals surface area contributed by atoms with Gasteiger partial charge in [0.05, 0.1) is 6.10 Å². The Morgan fingerprint density at radius 2 is 2.36 bits per heavy atom. The Bertz CT molecular complexity index is 498. The predicted molar refractivity (Wildman–Crippen MR) is 84.1 cm³/mol. The predicted octanol–water partition coefficient (Wildman–Crippen LogP) is 1.59. The van der Waals surface area contributed by atoms with Crippen molar-refractivity contribution in [3.05, 3.63) is 30.1 Å². The minimum absolute atomic E-state index is 0.116. The van der Waals surface area contributed by atoms with E-state index in [9.17, 15) is 9.18 Å². The lowest BCUT2D eigenvalue weighted by molar-refractivity contribution is -0.116. The highest BCUT2D eigenvalue weighted by molar-refractivity contribution is 5.90. The van der Waals surface area contributed by atoms with Gasteiger partial charge in [-0.25, -0.2) is 4.39 Å². The van der Waals surface area contributed by atoms with Crippen LogP contribution in [0.15, 0.2) is 24.3 Å². The molecule has 122 valence electrons. The van der Waals surface area contributed by atoms with Crippen LogP contribution in [0.25, 0.3) is 0 Å². The molecule has 1 aliphatic rings. The highest BCUT2D eigenvalue weighted by Crippen LogP contribution is 2.19. The summed E-state index contributed by atoms with van der Waals surface area (Å²) in [6, 6.07) is 6.16. The molecule has 22 heavy (non-hydrogen) atoms. The van der Waals surface area contributed by atoms with E-state index in [-0.39, 0.29) is 23.9 Å². The summed E-state index contributed by atoms with van der Waals surface area (Å²) in [4.78, 5) is 14.2. The van der Waals surface area contributed by atoms with Gasteiger partial charge >= 0.3 is 0 Å². The summed E-state index contributed by atoms with van der Waals surface area (Å²) in [5.41, 5.74) is 6.30. The molecule has 1 aromatic rings. The van der Waals surface area contributed by atoms with E-state index in [0.29, 0.717) is 25.2 Å². The van der Waals surface area contributed by atoms with Crippen molar-refractivity contribution in [1.29, 1.82) is 0 Å². The number of hydrogen-bond donors (Lipinski definition) is 2. The molecular formula is C16H24FN3O2. The summed E-state index contributed by atoms with van der Waals surface area (Å²) in [6.07, 6.45) is 2.48. The number of nitrogens with zero attached hydrogens (tertiary/aromatic N) is 1. The fourth-order valence-electron chi connectivity index (χ4n) is 2.85. The van der Waals surface area contributed by atoms with Crippen molar-refractivity contribution >= 4 is 11.6 Å². The maximum atomic E-state index is 13.1. The lowest BCUT2D eigenvalue weighted by atomic mass is 9.99. The van der Waals surface area contributed by atoms with Gasteiger partial charge in [-0.3, -0.25) is 9.69 Å². The van der Waals surface area contributed by atoms with Gasteiger partial charge in [-0.15, -0.1) is 0 Å². The molecule has 0 saturated carbocycles. The van der Waals surface area contributed by atoms with E-state index in [1.807, 2.05) is 0 Å². The zero-order chi connectivity index (χ0) is 15.9. The number of anilines is 1. The molecule has 6 heteroatoms. The van der Waals surface area contributed by atoms with Crippen LogP contribution in [0.3, 0.4) is 0 Å². The molecule has 2 rings (SSSR count). The van der Waals surface area contributed by atoms with Gasteiger partial charge in [0.2, 0.25) is 5.91 Å². The minimum Gasteiger partial charge on any atom is -0.381 e. The summed E-state index contributed by atoms with van der Waals surface area (Å²) in [5, 5.41) is 2.71. The van der Waals surface area contributed by atoms with Crippen LogP contribution in [0.1, 0.15) is 19.3 Å². The zero-order valence-electron chi connectivity index (χ0n) is 12.9. The number of methoxy groups -OCH3 is 1. The van der Waals surface area contributed by atoms with Gasteiger partial charge in [-0.05, 0) is 31.0 Å². The number of rotatable bonds is 6. The molecule has 1 heterocycles. The van der Waals surface area contributed by atoms with Crippen LogP contribution in [0, 0.1) is 5.82 Å². The molecule has 1 saturated heterocycles. The smallest absolute Gasteiger partial charge is 0.225 e. The molecule has 0 radical (unpaired) electrons. The van der Waals surface area contributed by atoms with Crippen LogP contribution in [0.4, 0.5) is 10.1 Å². The topological polar surface area (TPSA) is 67.6 Å². The van der Waals surface area contributed by atoms with Crippen molar-refractivity contribution in [2.24, 2.45) is 5.73 Å². The van der Waals surface area contributed by atoms with Gasteiger partial charge in [0.15, 0.2) is 0 Å². The first-order valence-corrected chi connectivity index (χ1v) is 7.64. The van der Waals surface area contributed by atoms with E-state index in [0.717, 1.165) is 19.4 Å². The van der Waals surface area contributed by atoms with Crippen LogP contribution in [-0.2, 0) is 9.53 Å². The maximum Gasteiger partial charge on any atom is 0.225 e. The molecule has 1 aromatic carbocycles. The number of carbonyl (C=O) groups excluding carboxylic acids is 1. The highest BCUT2D eigenvalue weighted by Gasteiger charge is 2.27. The second-order valence-corrected chi connectivity index (χ2v) is 5.62. The molecule has 1 fully saturated rings. The molecule has 5 nitrogen and oxygen atoms in total. The quantitative estimate of drug-likeness (QED) is 0.837. The number of nitrogens with one attached hydrogen (secondary N) is 1. The first-order valence-electron chi connectivity index (χ1n) is 7.64. The number of carbonyl (C=O) groups is 1. The number of piperidine rings is 1. The summed E-state index contributed by atoms with van der Waals surface area (Å²) in [7, 11) is 1.72. The van der Waals surface area contributed by atoms with Crippen molar-refractivity contribution in [2.45, 2.75) is 31.4 Å². The van der Waals surface area contributed by atoms with Crippen LogP contribution < -0.4 is 11.1 Å². The van der Waals surface area contributed by atoms with Crippen molar-refractivity contribution in [1.82, 2.24) is 4.90 Å². The third-order valence-corrected chi connectivity index (χ3v) is 4.13. The van der Waals surface area contributed by atoms with Crippen LogP contribution in [0.2, 0.25) is 0 Å².